The van der Waals surface area contributed by atoms with E-state index in [1.807, 2.05) is 18.2 Å². The molecule has 0 saturated heterocycles. The molecule has 0 radical (unpaired) electrons. The summed E-state index contributed by atoms with van der Waals surface area (Å²) in [5, 5.41) is 3.14. The summed E-state index contributed by atoms with van der Waals surface area (Å²) in [7, 11) is 0. The van der Waals surface area contributed by atoms with Crippen molar-refractivity contribution in [3.63, 3.8) is 0 Å². The maximum absolute atomic E-state index is 11.9. The Hall–Kier alpha value is -2.17. The Morgan fingerprint density at radius 2 is 2.24 bits per heavy atom. The SMILES string of the molecule is O=c1cc(-c2ccccn2)nc2n1CCCN2. The molecule has 0 spiro atoms. The second kappa shape index (κ2) is 4.01. The zero-order chi connectivity index (χ0) is 11.7. The molecular weight excluding hydrogens is 216 g/mol. The van der Waals surface area contributed by atoms with Crippen LogP contribution in [0.4, 0.5) is 5.95 Å². The molecule has 17 heavy (non-hydrogen) atoms. The Morgan fingerprint density at radius 3 is 3.06 bits per heavy atom. The molecule has 86 valence electrons. The summed E-state index contributed by atoms with van der Waals surface area (Å²) in [6, 6.07) is 7.11. The monoisotopic (exact) mass is 228 g/mol. The molecular formula is C12H12N4O. The van der Waals surface area contributed by atoms with Crippen molar-refractivity contribution >= 4 is 5.95 Å². The number of nitrogens with one attached hydrogen (secondary N) is 1. The molecule has 1 aliphatic heterocycles. The fraction of sp³-hybridized carbons (Fsp3) is 0.250. The Kier molecular flexibility index (Phi) is 2.36. The smallest absolute Gasteiger partial charge is 0.255 e. The van der Waals surface area contributed by atoms with Crippen molar-refractivity contribution in [2.45, 2.75) is 13.0 Å². The van der Waals surface area contributed by atoms with Gasteiger partial charge in [0.1, 0.15) is 0 Å². The average Bonchev–Trinajstić information content (AvgIpc) is 2.40. The Labute approximate surface area is 98.2 Å². The van der Waals surface area contributed by atoms with Crippen LogP contribution in [0.25, 0.3) is 11.4 Å². The van der Waals surface area contributed by atoms with Gasteiger partial charge in [0.05, 0.1) is 11.4 Å². The topological polar surface area (TPSA) is 59.8 Å². The third kappa shape index (κ3) is 1.80. The van der Waals surface area contributed by atoms with Gasteiger partial charge in [-0.05, 0) is 18.6 Å². The molecule has 0 aromatic carbocycles. The molecule has 0 saturated carbocycles. The van der Waals surface area contributed by atoms with Gasteiger partial charge in [0.25, 0.3) is 5.56 Å². The van der Waals surface area contributed by atoms with E-state index in [0.29, 0.717) is 11.6 Å². The van der Waals surface area contributed by atoms with Gasteiger partial charge < -0.3 is 5.32 Å². The van der Waals surface area contributed by atoms with E-state index < -0.39 is 0 Å². The number of pyridine rings is 1. The Morgan fingerprint density at radius 1 is 1.29 bits per heavy atom. The predicted octanol–water partition coefficient (Wildman–Crippen LogP) is 1.12. The molecule has 3 rings (SSSR count). The van der Waals surface area contributed by atoms with Gasteiger partial charge >= 0.3 is 0 Å². The maximum Gasteiger partial charge on any atom is 0.255 e. The fourth-order valence-corrected chi connectivity index (χ4v) is 1.94. The van der Waals surface area contributed by atoms with Crippen molar-refractivity contribution in [1.29, 1.82) is 0 Å². The molecule has 0 fully saturated rings. The van der Waals surface area contributed by atoms with Gasteiger partial charge in [-0.15, -0.1) is 0 Å². The van der Waals surface area contributed by atoms with Gasteiger partial charge in [-0.25, -0.2) is 4.98 Å². The van der Waals surface area contributed by atoms with E-state index in [1.54, 1.807) is 16.8 Å². The summed E-state index contributed by atoms with van der Waals surface area (Å²) in [5.41, 5.74) is 1.32. The second-order valence-corrected chi connectivity index (χ2v) is 3.95. The van der Waals surface area contributed by atoms with Crippen LogP contribution in [0.1, 0.15) is 6.42 Å². The summed E-state index contributed by atoms with van der Waals surface area (Å²) in [5.74, 6) is 0.643. The summed E-state index contributed by atoms with van der Waals surface area (Å²) < 4.78 is 1.66. The largest absolute Gasteiger partial charge is 0.355 e. The molecule has 0 unspecified atom stereocenters. The van der Waals surface area contributed by atoms with E-state index in [-0.39, 0.29) is 5.56 Å². The predicted molar refractivity (Wildman–Crippen MR) is 64.8 cm³/mol. The normalized spacial score (nSPS) is 13.9. The number of anilines is 1. The van der Waals surface area contributed by atoms with Gasteiger partial charge in [-0.1, -0.05) is 6.07 Å². The van der Waals surface area contributed by atoms with Crippen molar-refractivity contribution in [2.24, 2.45) is 0 Å². The second-order valence-electron chi connectivity index (χ2n) is 3.95. The molecule has 0 bridgehead atoms. The lowest BCUT2D eigenvalue weighted by molar-refractivity contribution is 0.597. The van der Waals surface area contributed by atoms with Gasteiger partial charge in [-0.2, -0.15) is 0 Å². The highest BCUT2D eigenvalue weighted by atomic mass is 16.1. The minimum Gasteiger partial charge on any atom is -0.355 e. The molecule has 3 heterocycles. The van der Waals surface area contributed by atoms with Gasteiger partial charge in [-0.3, -0.25) is 14.3 Å². The van der Waals surface area contributed by atoms with Gasteiger partial charge in [0.2, 0.25) is 5.95 Å². The quantitative estimate of drug-likeness (QED) is 0.794. The molecule has 0 aliphatic carbocycles. The van der Waals surface area contributed by atoms with E-state index in [2.05, 4.69) is 15.3 Å². The molecule has 1 aliphatic rings. The molecule has 0 amide bonds. The number of nitrogens with zero attached hydrogens (tertiary/aromatic N) is 3. The molecule has 2 aromatic rings. The van der Waals surface area contributed by atoms with Crippen molar-refractivity contribution in [3.05, 3.63) is 40.8 Å². The zero-order valence-corrected chi connectivity index (χ0v) is 9.26. The molecule has 5 nitrogen and oxygen atoms in total. The van der Waals surface area contributed by atoms with Crippen LogP contribution in [0.2, 0.25) is 0 Å². The summed E-state index contributed by atoms with van der Waals surface area (Å²) in [4.78, 5) is 20.5. The first-order valence-electron chi connectivity index (χ1n) is 5.62. The van der Waals surface area contributed by atoms with E-state index >= 15 is 0 Å². The van der Waals surface area contributed by atoms with Crippen LogP contribution in [-0.2, 0) is 6.54 Å². The molecule has 2 aromatic heterocycles. The van der Waals surface area contributed by atoms with Crippen LogP contribution in [0.3, 0.4) is 0 Å². The van der Waals surface area contributed by atoms with Crippen molar-refractivity contribution in [2.75, 3.05) is 11.9 Å². The number of aromatic nitrogens is 3. The van der Waals surface area contributed by atoms with Crippen molar-refractivity contribution in [1.82, 2.24) is 14.5 Å². The van der Waals surface area contributed by atoms with Crippen LogP contribution >= 0.6 is 0 Å². The van der Waals surface area contributed by atoms with Crippen LogP contribution in [0, 0.1) is 0 Å². The van der Waals surface area contributed by atoms with Crippen LogP contribution in [-0.4, -0.2) is 21.1 Å². The van der Waals surface area contributed by atoms with Crippen molar-refractivity contribution < 1.29 is 0 Å². The third-order valence-electron chi connectivity index (χ3n) is 2.78. The lowest BCUT2D eigenvalue weighted by Gasteiger charge is -2.19. The molecule has 1 N–H and O–H groups in total. The first-order chi connectivity index (χ1) is 8.34. The van der Waals surface area contributed by atoms with E-state index in [9.17, 15) is 4.79 Å². The highest BCUT2D eigenvalue weighted by molar-refractivity contribution is 5.55. The lowest BCUT2D eigenvalue weighted by Crippen LogP contribution is -2.29. The van der Waals surface area contributed by atoms with E-state index in [1.165, 1.54) is 0 Å². The Balaban J connectivity index is 2.14. The lowest BCUT2D eigenvalue weighted by atomic mass is 10.2. The number of hydrogen-bond acceptors (Lipinski definition) is 4. The highest BCUT2D eigenvalue weighted by Gasteiger charge is 2.13. The van der Waals surface area contributed by atoms with Crippen LogP contribution in [0.5, 0.6) is 0 Å². The zero-order valence-electron chi connectivity index (χ0n) is 9.26. The van der Waals surface area contributed by atoms with E-state index in [0.717, 1.165) is 25.2 Å². The van der Waals surface area contributed by atoms with E-state index in [4.69, 9.17) is 0 Å². The summed E-state index contributed by atoms with van der Waals surface area (Å²) in [6.07, 6.45) is 2.65. The first-order valence-corrected chi connectivity index (χ1v) is 5.62. The van der Waals surface area contributed by atoms with Crippen LogP contribution in [0.15, 0.2) is 35.3 Å². The standard InChI is InChI=1S/C12H12N4O/c17-11-8-10(9-4-1-2-5-13-9)15-12-14-6-3-7-16(11)12/h1-2,4-5,8H,3,6-7H2,(H,14,15). The maximum atomic E-state index is 11.9. The number of hydrogen-bond donors (Lipinski definition) is 1. The average molecular weight is 228 g/mol. The van der Waals surface area contributed by atoms with Gasteiger partial charge in [0.15, 0.2) is 0 Å². The van der Waals surface area contributed by atoms with Gasteiger partial charge in [0, 0.05) is 25.4 Å². The molecule has 0 atom stereocenters. The summed E-state index contributed by atoms with van der Waals surface area (Å²) >= 11 is 0. The van der Waals surface area contributed by atoms with Crippen molar-refractivity contribution in [3.8, 4) is 11.4 Å². The fourth-order valence-electron chi connectivity index (χ4n) is 1.94. The number of fused-ring (bicyclic) bond motifs is 1. The number of rotatable bonds is 1. The minimum atomic E-state index is -0.0251. The highest BCUT2D eigenvalue weighted by Crippen LogP contribution is 2.15. The first kappa shape index (κ1) is 10.0. The third-order valence-corrected chi connectivity index (χ3v) is 2.78. The minimum absolute atomic E-state index is 0.0251. The van der Waals surface area contributed by atoms with Crippen LogP contribution < -0.4 is 10.9 Å². The summed E-state index contributed by atoms with van der Waals surface area (Å²) in [6.45, 7) is 1.59. The Bertz CT molecular complexity index is 591. The molecule has 5 heteroatoms.